The zero-order chi connectivity index (χ0) is 7.14. The molecule has 0 saturated carbocycles. The zero-order valence-corrected chi connectivity index (χ0v) is 7.74. The predicted octanol–water partition coefficient (Wildman–Crippen LogP) is 2.47. The summed E-state index contributed by atoms with van der Waals surface area (Å²) in [5, 5.41) is 2.11. The average molecular weight is 217 g/mol. The molecule has 2 nitrogen and oxygen atoms in total. The second-order valence-electron chi connectivity index (χ2n) is 2.09. The molecule has 0 aliphatic heterocycles. The maximum absolute atomic E-state index is 4.11. The highest BCUT2D eigenvalue weighted by Crippen LogP contribution is 2.22. The topological polar surface area (TPSA) is 17.3 Å². The van der Waals surface area contributed by atoms with Crippen molar-refractivity contribution in [2.24, 2.45) is 0 Å². The first kappa shape index (κ1) is 6.37. The van der Waals surface area contributed by atoms with Gasteiger partial charge in [-0.05, 0) is 22.9 Å². The molecule has 0 atom stereocenters. The van der Waals surface area contributed by atoms with Crippen molar-refractivity contribution in [1.82, 2.24) is 9.38 Å². The Hall–Kier alpha value is -0.350. The highest BCUT2D eigenvalue weighted by molar-refractivity contribution is 9.10. The van der Waals surface area contributed by atoms with E-state index in [0.29, 0.717) is 0 Å². The van der Waals surface area contributed by atoms with Gasteiger partial charge in [0.15, 0.2) is 0 Å². The number of halogens is 1. The van der Waals surface area contributed by atoms with Crippen molar-refractivity contribution in [2.75, 3.05) is 0 Å². The van der Waals surface area contributed by atoms with Crippen LogP contribution < -0.4 is 0 Å². The Kier molecular flexibility index (Phi) is 1.32. The summed E-state index contributed by atoms with van der Waals surface area (Å²) < 4.78 is 3.00. The van der Waals surface area contributed by atoms with Crippen molar-refractivity contribution in [3.63, 3.8) is 0 Å². The van der Waals surface area contributed by atoms with Crippen molar-refractivity contribution >= 4 is 32.1 Å². The van der Waals surface area contributed by atoms with E-state index in [9.17, 15) is 0 Å². The van der Waals surface area contributed by atoms with E-state index in [1.807, 2.05) is 6.33 Å². The highest BCUT2D eigenvalue weighted by Gasteiger charge is 2.03. The van der Waals surface area contributed by atoms with E-state index in [1.54, 1.807) is 11.3 Å². The van der Waals surface area contributed by atoms with Crippen molar-refractivity contribution < 1.29 is 0 Å². The standard InChI is InChI=1S/C6H5BrN2S/c1-4-2-10-6-5(7)8-3-9(4)6/h2-3H,1H3. The number of fused-ring (bicyclic) bond motifs is 1. The minimum atomic E-state index is 0.936. The van der Waals surface area contributed by atoms with Gasteiger partial charge in [-0.15, -0.1) is 11.3 Å². The molecule has 10 heavy (non-hydrogen) atoms. The molecule has 0 fully saturated rings. The Morgan fingerprint density at radius 1 is 1.70 bits per heavy atom. The fourth-order valence-electron chi connectivity index (χ4n) is 0.870. The molecule has 2 aromatic heterocycles. The third-order valence-corrected chi connectivity index (χ3v) is 3.32. The van der Waals surface area contributed by atoms with E-state index in [1.165, 1.54) is 10.5 Å². The van der Waals surface area contributed by atoms with Crippen LogP contribution in [0.2, 0.25) is 0 Å². The Morgan fingerprint density at radius 3 is 3.20 bits per heavy atom. The predicted molar refractivity (Wildman–Crippen MR) is 45.5 cm³/mol. The van der Waals surface area contributed by atoms with E-state index in [-0.39, 0.29) is 0 Å². The summed E-state index contributed by atoms with van der Waals surface area (Å²) in [7, 11) is 0. The van der Waals surface area contributed by atoms with Crippen LogP contribution in [0, 0.1) is 6.92 Å². The summed E-state index contributed by atoms with van der Waals surface area (Å²) >= 11 is 5.06. The lowest BCUT2D eigenvalue weighted by molar-refractivity contribution is 1.10. The first-order valence-electron chi connectivity index (χ1n) is 2.85. The summed E-state index contributed by atoms with van der Waals surface area (Å²) in [6, 6.07) is 0. The maximum Gasteiger partial charge on any atom is 0.142 e. The molecule has 0 radical (unpaired) electrons. The van der Waals surface area contributed by atoms with E-state index >= 15 is 0 Å². The van der Waals surface area contributed by atoms with Crippen LogP contribution in [0.25, 0.3) is 4.83 Å². The van der Waals surface area contributed by atoms with Gasteiger partial charge >= 0.3 is 0 Å². The highest BCUT2D eigenvalue weighted by atomic mass is 79.9. The second kappa shape index (κ2) is 2.07. The molecule has 52 valence electrons. The van der Waals surface area contributed by atoms with Gasteiger partial charge in [0, 0.05) is 11.1 Å². The Morgan fingerprint density at radius 2 is 2.50 bits per heavy atom. The van der Waals surface area contributed by atoms with Gasteiger partial charge in [-0.2, -0.15) is 0 Å². The Bertz CT molecular complexity index is 327. The minimum Gasteiger partial charge on any atom is -0.293 e. The second-order valence-corrected chi connectivity index (χ2v) is 3.70. The number of thiazole rings is 1. The van der Waals surface area contributed by atoms with Crippen LogP contribution in [0.1, 0.15) is 5.69 Å². The molecular formula is C6H5BrN2S. The lowest BCUT2D eigenvalue weighted by atomic mass is 10.6. The summed E-state index contributed by atoms with van der Waals surface area (Å²) in [6.45, 7) is 2.07. The molecule has 0 bridgehead atoms. The Balaban J connectivity index is 2.95. The van der Waals surface area contributed by atoms with Crippen LogP contribution >= 0.6 is 27.3 Å². The smallest absolute Gasteiger partial charge is 0.142 e. The summed E-state index contributed by atoms with van der Waals surface area (Å²) in [5.74, 6) is 0. The van der Waals surface area contributed by atoms with E-state index in [4.69, 9.17) is 0 Å². The van der Waals surface area contributed by atoms with Gasteiger partial charge in [-0.3, -0.25) is 4.40 Å². The summed E-state index contributed by atoms with van der Waals surface area (Å²) in [4.78, 5) is 5.28. The van der Waals surface area contributed by atoms with Crippen LogP contribution in [0.5, 0.6) is 0 Å². The van der Waals surface area contributed by atoms with E-state index in [0.717, 1.165) is 4.60 Å². The average Bonchev–Trinajstić information content (AvgIpc) is 2.41. The molecule has 2 aromatic rings. The lowest BCUT2D eigenvalue weighted by Crippen LogP contribution is -1.77. The molecule has 0 aromatic carbocycles. The van der Waals surface area contributed by atoms with Crippen LogP contribution in [0.3, 0.4) is 0 Å². The van der Waals surface area contributed by atoms with Gasteiger partial charge < -0.3 is 0 Å². The minimum absolute atomic E-state index is 0.936. The third-order valence-electron chi connectivity index (χ3n) is 1.40. The first-order chi connectivity index (χ1) is 4.79. The molecule has 2 heterocycles. The molecule has 0 unspecified atom stereocenters. The maximum atomic E-state index is 4.11. The molecule has 0 saturated heterocycles. The van der Waals surface area contributed by atoms with Gasteiger partial charge in [-0.25, -0.2) is 4.98 Å². The number of aryl methyl sites for hydroxylation is 1. The van der Waals surface area contributed by atoms with Crippen LogP contribution in [0.4, 0.5) is 0 Å². The van der Waals surface area contributed by atoms with Crippen LogP contribution in [0.15, 0.2) is 16.3 Å². The third kappa shape index (κ3) is 0.722. The monoisotopic (exact) mass is 216 g/mol. The molecule has 2 rings (SSSR count). The number of nitrogens with zero attached hydrogens (tertiary/aromatic N) is 2. The molecule has 0 spiro atoms. The van der Waals surface area contributed by atoms with Crippen molar-refractivity contribution in [3.05, 3.63) is 22.0 Å². The van der Waals surface area contributed by atoms with Crippen molar-refractivity contribution in [3.8, 4) is 0 Å². The van der Waals surface area contributed by atoms with Crippen LogP contribution in [-0.2, 0) is 0 Å². The molecule has 0 N–H and O–H groups in total. The van der Waals surface area contributed by atoms with Gasteiger partial charge in [-0.1, -0.05) is 0 Å². The number of hydrogen-bond acceptors (Lipinski definition) is 2. The normalized spacial score (nSPS) is 11.0. The SMILES string of the molecule is Cc1csc2c(Br)ncn12. The van der Waals surface area contributed by atoms with Gasteiger partial charge in [0.05, 0.1) is 0 Å². The van der Waals surface area contributed by atoms with E-state index < -0.39 is 0 Å². The number of imidazole rings is 1. The Labute approximate surface area is 70.6 Å². The van der Waals surface area contributed by atoms with Crippen molar-refractivity contribution in [2.45, 2.75) is 6.92 Å². The van der Waals surface area contributed by atoms with Crippen molar-refractivity contribution in [1.29, 1.82) is 0 Å². The summed E-state index contributed by atoms with van der Waals surface area (Å²) in [6.07, 6.45) is 1.82. The molecule has 4 heteroatoms. The number of hydrogen-bond donors (Lipinski definition) is 0. The van der Waals surface area contributed by atoms with Gasteiger partial charge in [0.2, 0.25) is 0 Å². The van der Waals surface area contributed by atoms with Gasteiger partial charge in [0.25, 0.3) is 0 Å². The lowest BCUT2D eigenvalue weighted by Gasteiger charge is -1.82. The summed E-state index contributed by atoms with van der Waals surface area (Å²) in [5.41, 5.74) is 1.23. The quantitative estimate of drug-likeness (QED) is 0.662. The zero-order valence-electron chi connectivity index (χ0n) is 5.34. The first-order valence-corrected chi connectivity index (χ1v) is 4.53. The molecule has 0 amide bonds. The van der Waals surface area contributed by atoms with Gasteiger partial charge in [0.1, 0.15) is 15.8 Å². The number of aromatic nitrogens is 2. The largest absolute Gasteiger partial charge is 0.293 e. The fourth-order valence-corrected chi connectivity index (χ4v) is 2.28. The van der Waals surface area contributed by atoms with Crippen LogP contribution in [-0.4, -0.2) is 9.38 Å². The molecular weight excluding hydrogens is 212 g/mol. The fraction of sp³-hybridized carbons (Fsp3) is 0.167. The number of rotatable bonds is 0. The molecule has 0 aliphatic rings. The molecule has 0 aliphatic carbocycles. The van der Waals surface area contributed by atoms with E-state index in [2.05, 4.69) is 37.6 Å².